The molecule has 2 rings (SSSR count). The number of phenolic OH excluding ortho intramolecular Hbond substituents is 1. The number of phenols is 1. The molecule has 0 amide bonds. The minimum Gasteiger partial charge on any atom is -0.504 e. The van der Waals surface area contributed by atoms with Crippen molar-refractivity contribution in [2.75, 3.05) is 40.4 Å². The van der Waals surface area contributed by atoms with E-state index in [-0.39, 0.29) is 5.75 Å². The molecule has 2 aromatic carbocycles. The van der Waals surface area contributed by atoms with Crippen molar-refractivity contribution in [1.82, 2.24) is 10.2 Å². The molecule has 27 heavy (non-hydrogen) atoms. The minimum absolute atomic E-state index is 0.185. The zero-order chi connectivity index (χ0) is 19.5. The maximum Gasteiger partial charge on any atom is 0.193 e. The van der Waals surface area contributed by atoms with Crippen molar-refractivity contribution in [1.29, 1.82) is 0 Å². The Balaban J connectivity index is 1.89. The molecule has 0 atom stereocenters. The van der Waals surface area contributed by atoms with Gasteiger partial charge in [-0.2, -0.15) is 0 Å². The molecule has 0 saturated heterocycles. The molecule has 0 fully saturated rings. The summed E-state index contributed by atoms with van der Waals surface area (Å²) >= 11 is 0. The molecule has 0 unspecified atom stereocenters. The Morgan fingerprint density at radius 2 is 1.93 bits per heavy atom. The van der Waals surface area contributed by atoms with Crippen molar-refractivity contribution < 1.29 is 14.6 Å². The molecule has 0 aliphatic rings. The highest BCUT2D eigenvalue weighted by atomic mass is 16.5. The highest BCUT2D eigenvalue weighted by Crippen LogP contribution is 2.29. The maximum absolute atomic E-state index is 10.2. The third kappa shape index (κ3) is 6.40. The predicted molar refractivity (Wildman–Crippen MR) is 109 cm³/mol. The van der Waals surface area contributed by atoms with Crippen molar-refractivity contribution in [3.63, 3.8) is 0 Å². The molecule has 0 saturated carbocycles. The van der Waals surface area contributed by atoms with E-state index in [2.05, 4.69) is 10.3 Å². The van der Waals surface area contributed by atoms with Gasteiger partial charge in [0, 0.05) is 20.1 Å². The van der Waals surface area contributed by atoms with Crippen molar-refractivity contribution >= 4 is 5.96 Å². The van der Waals surface area contributed by atoms with Crippen molar-refractivity contribution in [2.24, 2.45) is 4.99 Å². The SMILES string of the molecule is CCNC(=NCCc1cccc(OC)c1O)N(C)CCOc1ccccc1. The second-order valence-corrected chi connectivity index (χ2v) is 6.04. The number of aliphatic imine (C=N–C) groups is 1. The lowest BCUT2D eigenvalue weighted by molar-refractivity contribution is 0.281. The summed E-state index contributed by atoms with van der Waals surface area (Å²) < 4.78 is 10.9. The van der Waals surface area contributed by atoms with Gasteiger partial charge in [-0.3, -0.25) is 4.99 Å². The number of benzene rings is 2. The van der Waals surface area contributed by atoms with E-state index in [1.165, 1.54) is 0 Å². The monoisotopic (exact) mass is 371 g/mol. The largest absolute Gasteiger partial charge is 0.504 e. The first-order valence-electron chi connectivity index (χ1n) is 9.17. The number of likely N-dealkylation sites (N-methyl/N-ethyl adjacent to an activating group) is 1. The van der Waals surface area contributed by atoms with Gasteiger partial charge in [0.25, 0.3) is 0 Å². The molecule has 0 aromatic heterocycles. The number of guanidine groups is 1. The molecule has 2 aromatic rings. The Labute approximate surface area is 161 Å². The van der Waals surface area contributed by atoms with E-state index in [0.29, 0.717) is 31.9 Å². The predicted octanol–water partition coefficient (Wildman–Crippen LogP) is 2.92. The summed E-state index contributed by atoms with van der Waals surface area (Å²) in [6.45, 7) is 4.67. The third-order valence-electron chi connectivity index (χ3n) is 4.08. The van der Waals surface area contributed by atoms with E-state index in [4.69, 9.17) is 9.47 Å². The second kappa shape index (κ2) is 11.0. The van der Waals surface area contributed by atoms with Crippen LogP contribution in [0.2, 0.25) is 0 Å². The van der Waals surface area contributed by atoms with Gasteiger partial charge < -0.3 is 24.8 Å². The lowest BCUT2D eigenvalue weighted by Gasteiger charge is -2.22. The fourth-order valence-electron chi connectivity index (χ4n) is 2.61. The molecule has 146 valence electrons. The zero-order valence-electron chi connectivity index (χ0n) is 16.3. The minimum atomic E-state index is 0.185. The normalized spacial score (nSPS) is 11.1. The Hall–Kier alpha value is -2.89. The van der Waals surface area contributed by atoms with Crippen LogP contribution in [0.15, 0.2) is 53.5 Å². The van der Waals surface area contributed by atoms with Crippen LogP contribution < -0.4 is 14.8 Å². The molecule has 6 nitrogen and oxygen atoms in total. The van der Waals surface area contributed by atoms with Gasteiger partial charge in [-0.05, 0) is 37.1 Å². The summed E-state index contributed by atoms with van der Waals surface area (Å²) in [5, 5.41) is 13.5. The molecular weight excluding hydrogens is 342 g/mol. The number of nitrogens with one attached hydrogen (secondary N) is 1. The average Bonchev–Trinajstić information content (AvgIpc) is 2.69. The number of ether oxygens (including phenoxy) is 2. The standard InChI is InChI=1S/C21H29N3O3/c1-4-22-21(24(2)15-16-27-18-10-6-5-7-11-18)23-14-13-17-9-8-12-19(26-3)20(17)25/h5-12,25H,4,13-16H2,1-3H3,(H,22,23). The molecule has 0 aliphatic heterocycles. The molecule has 6 heteroatoms. The first-order valence-corrected chi connectivity index (χ1v) is 9.17. The van der Waals surface area contributed by atoms with Crippen LogP contribution in [0.25, 0.3) is 0 Å². The second-order valence-electron chi connectivity index (χ2n) is 6.04. The van der Waals surface area contributed by atoms with Crippen LogP contribution in [0.4, 0.5) is 0 Å². The number of nitrogens with zero attached hydrogens (tertiary/aromatic N) is 2. The van der Waals surface area contributed by atoms with E-state index in [1.807, 2.05) is 61.3 Å². The number of rotatable bonds is 9. The molecule has 0 spiro atoms. The smallest absolute Gasteiger partial charge is 0.193 e. The van der Waals surface area contributed by atoms with Gasteiger partial charge in [0.1, 0.15) is 12.4 Å². The van der Waals surface area contributed by atoms with Crippen LogP contribution >= 0.6 is 0 Å². The average molecular weight is 371 g/mol. The lowest BCUT2D eigenvalue weighted by atomic mass is 10.1. The molecule has 0 aliphatic carbocycles. The third-order valence-corrected chi connectivity index (χ3v) is 4.08. The van der Waals surface area contributed by atoms with E-state index in [0.717, 1.165) is 23.8 Å². The van der Waals surface area contributed by atoms with Crippen molar-refractivity contribution in [3.8, 4) is 17.2 Å². The van der Waals surface area contributed by atoms with Crippen LogP contribution in [-0.2, 0) is 6.42 Å². The maximum atomic E-state index is 10.2. The molecule has 0 radical (unpaired) electrons. The quantitative estimate of drug-likeness (QED) is 0.524. The highest BCUT2D eigenvalue weighted by Gasteiger charge is 2.08. The number of methoxy groups -OCH3 is 1. The van der Waals surface area contributed by atoms with Gasteiger partial charge in [0.15, 0.2) is 17.5 Å². The Bertz CT molecular complexity index is 720. The van der Waals surface area contributed by atoms with E-state index >= 15 is 0 Å². The fraction of sp³-hybridized carbons (Fsp3) is 0.381. The van der Waals surface area contributed by atoms with E-state index in [9.17, 15) is 5.11 Å². The van der Waals surface area contributed by atoms with Crippen LogP contribution in [0.1, 0.15) is 12.5 Å². The number of hydrogen-bond donors (Lipinski definition) is 2. The molecule has 0 bridgehead atoms. The number of para-hydroxylation sites is 2. The Morgan fingerprint density at radius 1 is 1.15 bits per heavy atom. The first-order chi connectivity index (χ1) is 13.2. The van der Waals surface area contributed by atoms with Gasteiger partial charge in [-0.15, -0.1) is 0 Å². The Kier molecular flexibility index (Phi) is 8.29. The molecule has 2 N–H and O–H groups in total. The Morgan fingerprint density at radius 3 is 2.63 bits per heavy atom. The number of hydrogen-bond acceptors (Lipinski definition) is 4. The number of aromatic hydroxyl groups is 1. The summed E-state index contributed by atoms with van der Waals surface area (Å²) in [5.41, 5.74) is 0.823. The van der Waals surface area contributed by atoms with Gasteiger partial charge in [-0.1, -0.05) is 30.3 Å². The summed E-state index contributed by atoms with van der Waals surface area (Å²) in [6, 6.07) is 15.3. The van der Waals surface area contributed by atoms with Crippen molar-refractivity contribution in [3.05, 3.63) is 54.1 Å². The van der Waals surface area contributed by atoms with Gasteiger partial charge in [-0.25, -0.2) is 0 Å². The zero-order valence-corrected chi connectivity index (χ0v) is 16.3. The lowest BCUT2D eigenvalue weighted by Crippen LogP contribution is -2.41. The van der Waals surface area contributed by atoms with Crippen LogP contribution in [0.3, 0.4) is 0 Å². The summed E-state index contributed by atoms with van der Waals surface area (Å²) in [6.07, 6.45) is 0.631. The van der Waals surface area contributed by atoms with E-state index in [1.54, 1.807) is 13.2 Å². The summed E-state index contributed by atoms with van der Waals surface area (Å²) in [5.74, 6) is 2.35. The fourth-order valence-corrected chi connectivity index (χ4v) is 2.61. The van der Waals surface area contributed by atoms with Gasteiger partial charge in [0.2, 0.25) is 0 Å². The van der Waals surface area contributed by atoms with Gasteiger partial charge >= 0.3 is 0 Å². The van der Waals surface area contributed by atoms with Gasteiger partial charge in [0.05, 0.1) is 13.7 Å². The van der Waals surface area contributed by atoms with E-state index < -0.39 is 0 Å². The first kappa shape index (κ1) is 20.4. The van der Waals surface area contributed by atoms with Crippen molar-refractivity contribution in [2.45, 2.75) is 13.3 Å². The summed E-state index contributed by atoms with van der Waals surface area (Å²) in [4.78, 5) is 6.69. The molecular formula is C21H29N3O3. The molecule has 0 heterocycles. The van der Waals surface area contributed by atoms with Crippen LogP contribution in [-0.4, -0.2) is 56.4 Å². The van der Waals surface area contributed by atoms with Crippen LogP contribution in [0.5, 0.6) is 17.2 Å². The summed E-state index contributed by atoms with van der Waals surface area (Å²) in [7, 11) is 3.53. The van der Waals surface area contributed by atoms with Crippen LogP contribution in [0, 0.1) is 0 Å². The highest BCUT2D eigenvalue weighted by molar-refractivity contribution is 5.79. The topological polar surface area (TPSA) is 66.3 Å².